The molecule has 4 nitrogen and oxygen atoms in total. The van der Waals surface area contributed by atoms with Crippen LogP contribution >= 0.6 is 27.3 Å². The van der Waals surface area contributed by atoms with Crippen LogP contribution in [0.5, 0.6) is 0 Å². The van der Waals surface area contributed by atoms with Crippen LogP contribution in [0.3, 0.4) is 0 Å². The third-order valence-corrected chi connectivity index (χ3v) is 4.83. The molecule has 0 aliphatic rings. The lowest BCUT2D eigenvalue weighted by Gasteiger charge is -2.02. The molecule has 3 rings (SSSR count). The predicted molar refractivity (Wildman–Crippen MR) is 91.0 cm³/mol. The first-order valence-corrected chi connectivity index (χ1v) is 8.45. The molecular weight excluding hydrogens is 362 g/mol. The summed E-state index contributed by atoms with van der Waals surface area (Å²) in [6.07, 6.45) is 3.37. The van der Waals surface area contributed by atoms with E-state index in [0.29, 0.717) is 18.7 Å². The van der Waals surface area contributed by atoms with Crippen molar-refractivity contribution in [3.05, 3.63) is 74.6 Å². The molecule has 0 atom stereocenters. The summed E-state index contributed by atoms with van der Waals surface area (Å²) < 4.78 is 2.81. The minimum Gasteiger partial charge on any atom is -0.347 e. The van der Waals surface area contributed by atoms with Crippen LogP contribution in [0.2, 0.25) is 0 Å². The largest absolute Gasteiger partial charge is 0.347 e. The summed E-state index contributed by atoms with van der Waals surface area (Å²) in [5.41, 5.74) is 1.73. The molecule has 1 N–H and O–H groups in total. The highest BCUT2D eigenvalue weighted by Gasteiger charge is 2.09. The van der Waals surface area contributed by atoms with Crippen molar-refractivity contribution in [2.45, 2.75) is 13.1 Å². The average molecular weight is 376 g/mol. The maximum absolute atomic E-state index is 12.1. The summed E-state index contributed by atoms with van der Waals surface area (Å²) in [7, 11) is 0. The lowest BCUT2D eigenvalue weighted by atomic mass is 10.2. The van der Waals surface area contributed by atoms with Gasteiger partial charge in [0.2, 0.25) is 0 Å². The van der Waals surface area contributed by atoms with E-state index < -0.39 is 0 Å². The van der Waals surface area contributed by atoms with E-state index in [-0.39, 0.29) is 5.91 Å². The zero-order valence-electron chi connectivity index (χ0n) is 11.7. The highest BCUT2D eigenvalue weighted by molar-refractivity contribution is 9.10. The fourth-order valence-corrected chi connectivity index (χ4v) is 3.44. The summed E-state index contributed by atoms with van der Waals surface area (Å²) in [5.74, 6) is -0.108. The Bertz CT molecular complexity index is 767. The van der Waals surface area contributed by atoms with Crippen molar-refractivity contribution < 1.29 is 4.79 Å². The van der Waals surface area contributed by atoms with Crippen molar-refractivity contribution in [3.8, 4) is 0 Å². The molecule has 1 amide bonds. The van der Waals surface area contributed by atoms with Gasteiger partial charge in [-0.1, -0.05) is 30.3 Å². The third-order valence-electron chi connectivity index (χ3n) is 3.13. The Balaban J connectivity index is 1.59. The van der Waals surface area contributed by atoms with E-state index in [0.717, 1.165) is 14.9 Å². The normalized spacial score (nSPS) is 10.6. The zero-order valence-corrected chi connectivity index (χ0v) is 14.1. The fourth-order valence-electron chi connectivity index (χ4n) is 2.05. The van der Waals surface area contributed by atoms with Crippen molar-refractivity contribution in [1.29, 1.82) is 0 Å². The van der Waals surface area contributed by atoms with Gasteiger partial charge in [0.15, 0.2) is 0 Å². The molecule has 2 heterocycles. The van der Waals surface area contributed by atoms with E-state index in [2.05, 4.69) is 26.3 Å². The zero-order chi connectivity index (χ0) is 15.4. The Morgan fingerprint density at radius 3 is 2.86 bits per heavy atom. The second kappa shape index (κ2) is 6.89. The first kappa shape index (κ1) is 15.0. The molecule has 0 saturated heterocycles. The van der Waals surface area contributed by atoms with Crippen LogP contribution in [0.25, 0.3) is 0 Å². The SMILES string of the molecule is O=C(NCc1cc(Br)cs1)c1cnn(Cc2ccccc2)c1. The average Bonchev–Trinajstić information content (AvgIpc) is 3.15. The number of hydrogen-bond donors (Lipinski definition) is 1. The number of carbonyl (C=O) groups is 1. The molecule has 0 fully saturated rings. The molecular formula is C16H14BrN3OS. The number of rotatable bonds is 5. The molecule has 2 aromatic heterocycles. The van der Waals surface area contributed by atoms with Crippen LogP contribution in [-0.2, 0) is 13.1 Å². The van der Waals surface area contributed by atoms with Crippen molar-refractivity contribution >= 4 is 33.2 Å². The molecule has 0 spiro atoms. The summed E-state index contributed by atoms with van der Waals surface area (Å²) in [4.78, 5) is 13.2. The second-order valence-corrected chi connectivity index (χ2v) is 6.74. The van der Waals surface area contributed by atoms with Gasteiger partial charge < -0.3 is 5.32 Å². The lowest BCUT2D eigenvalue weighted by Crippen LogP contribution is -2.21. The van der Waals surface area contributed by atoms with Crippen molar-refractivity contribution in [1.82, 2.24) is 15.1 Å². The number of carbonyl (C=O) groups excluding carboxylic acids is 1. The number of nitrogens with one attached hydrogen (secondary N) is 1. The lowest BCUT2D eigenvalue weighted by molar-refractivity contribution is 0.0951. The van der Waals surface area contributed by atoms with Gasteiger partial charge in [0.05, 0.1) is 24.8 Å². The predicted octanol–water partition coefficient (Wildman–Crippen LogP) is 3.69. The molecule has 1 aromatic carbocycles. The number of thiophene rings is 1. The molecule has 0 saturated carbocycles. The van der Waals surface area contributed by atoms with E-state index in [4.69, 9.17) is 0 Å². The number of hydrogen-bond acceptors (Lipinski definition) is 3. The van der Waals surface area contributed by atoms with Crippen LogP contribution < -0.4 is 5.32 Å². The minimum atomic E-state index is -0.108. The second-order valence-electron chi connectivity index (χ2n) is 4.83. The summed E-state index contributed by atoms with van der Waals surface area (Å²) in [5, 5.41) is 9.15. The Kier molecular flexibility index (Phi) is 4.70. The van der Waals surface area contributed by atoms with Crippen LogP contribution in [0, 0.1) is 0 Å². The van der Waals surface area contributed by atoms with Gasteiger partial charge in [-0.2, -0.15) is 5.10 Å². The van der Waals surface area contributed by atoms with Gasteiger partial charge in [-0.05, 0) is 27.6 Å². The first-order valence-electron chi connectivity index (χ1n) is 6.78. The molecule has 112 valence electrons. The van der Waals surface area contributed by atoms with Gasteiger partial charge in [0, 0.05) is 20.9 Å². The highest BCUT2D eigenvalue weighted by Crippen LogP contribution is 2.19. The minimum absolute atomic E-state index is 0.108. The quantitative estimate of drug-likeness (QED) is 0.739. The van der Waals surface area contributed by atoms with Crippen molar-refractivity contribution in [2.24, 2.45) is 0 Å². The molecule has 3 aromatic rings. The molecule has 6 heteroatoms. The van der Waals surface area contributed by atoms with Crippen LogP contribution in [0.4, 0.5) is 0 Å². The molecule has 0 bridgehead atoms. The van der Waals surface area contributed by atoms with Crippen LogP contribution in [-0.4, -0.2) is 15.7 Å². The smallest absolute Gasteiger partial charge is 0.254 e. The van der Waals surface area contributed by atoms with E-state index in [1.54, 1.807) is 28.4 Å². The molecule has 0 unspecified atom stereocenters. The summed E-state index contributed by atoms with van der Waals surface area (Å²) in [6.45, 7) is 1.19. The standard InChI is InChI=1S/C16H14BrN3OS/c17-14-6-15(22-11-14)8-18-16(21)13-7-19-20(10-13)9-12-4-2-1-3-5-12/h1-7,10-11H,8-9H2,(H,18,21). The summed E-state index contributed by atoms with van der Waals surface area (Å²) >= 11 is 5.01. The molecule has 0 radical (unpaired) electrons. The van der Waals surface area contributed by atoms with E-state index in [9.17, 15) is 4.79 Å². The Hall–Kier alpha value is -1.92. The van der Waals surface area contributed by atoms with Gasteiger partial charge in [-0.15, -0.1) is 11.3 Å². The van der Waals surface area contributed by atoms with Crippen LogP contribution in [0.1, 0.15) is 20.8 Å². The number of aromatic nitrogens is 2. The third kappa shape index (κ3) is 3.84. The van der Waals surface area contributed by atoms with Crippen LogP contribution in [0.15, 0.2) is 58.6 Å². The maximum atomic E-state index is 12.1. The van der Waals surface area contributed by atoms with Crippen molar-refractivity contribution in [3.63, 3.8) is 0 Å². The van der Waals surface area contributed by atoms with E-state index >= 15 is 0 Å². The first-order chi connectivity index (χ1) is 10.7. The molecule has 0 aliphatic carbocycles. The van der Waals surface area contributed by atoms with Gasteiger partial charge in [0.25, 0.3) is 5.91 Å². The van der Waals surface area contributed by atoms with Gasteiger partial charge in [-0.3, -0.25) is 9.48 Å². The highest BCUT2D eigenvalue weighted by atomic mass is 79.9. The van der Waals surface area contributed by atoms with E-state index in [1.165, 1.54) is 0 Å². The fraction of sp³-hybridized carbons (Fsp3) is 0.125. The number of halogens is 1. The number of nitrogens with zero attached hydrogens (tertiary/aromatic N) is 2. The Labute approximate surface area is 140 Å². The Morgan fingerprint density at radius 1 is 1.32 bits per heavy atom. The van der Waals surface area contributed by atoms with Crippen molar-refractivity contribution in [2.75, 3.05) is 0 Å². The number of amides is 1. The Morgan fingerprint density at radius 2 is 2.14 bits per heavy atom. The summed E-state index contributed by atoms with van der Waals surface area (Å²) in [6, 6.07) is 12.0. The molecule has 22 heavy (non-hydrogen) atoms. The van der Waals surface area contributed by atoms with Gasteiger partial charge in [-0.25, -0.2) is 0 Å². The monoisotopic (exact) mass is 375 g/mol. The number of benzene rings is 1. The molecule has 0 aliphatic heterocycles. The maximum Gasteiger partial charge on any atom is 0.254 e. The van der Waals surface area contributed by atoms with Gasteiger partial charge >= 0.3 is 0 Å². The van der Waals surface area contributed by atoms with Gasteiger partial charge in [0.1, 0.15) is 0 Å². The van der Waals surface area contributed by atoms with E-state index in [1.807, 2.05) is 41.8 Å². The topological polar surface area (TPSA) is 46.9 Å².